The number of sulfone groups is 1. The summed E-state index contributed by atoms with van der Waals surface area (Å²) in [6.07, 6.45) is -5.21. The average Bonchev–Trinajstić information content (AvgIpc) is 2.95. The van der Waals surface area contributed by atoms with Crippen LogP contribution in [0.5, 0.6) is 0 Å². The van der Waals surface area contributed by atoms with E-state index in [2.05, 4.69) is 0 Å². The van der Waals surface area contributed by atoms with Crippen LogP contribution in [0.15, 0.2) is 0 Å². The second-order valence-electron chi connectivity index (χ2n) is 4.84. The third-order valence-electron chi connectivity index (χ3n) is 3.61. The van der Waals surface area contributed by atoms with Crippen molar-refractivity contribution in [2.75, 3.05) is 5.75 Å². The van der Waals surface area contributed by atoms with Crippen LogP contribution in [0.25, 0.3) is 0 Å². The fourth-order valence-corrected chi connectivity index (χ4v) is 4.38. The Bertz CT molecular complexity index is 457. The van der Waals surface area contributed by atoms with E-state index in [1.54, 1.807) is 0 Å². The number of hydrogen-bond acceptors (Lipinski definition) is 3. The summed E-state index contributed by atoms with van der Waals surface area (Å²) in [5.41, 5.74) is -2.20. The predicted molar refractivity (Wildman–Crippen MR) is 51.1 cm³/mol. The molecule has 2 aliphatic carbocycles. The highest BCUT2D eigenvalue weighted by Gasteiger charge is 2.70. The second-order valence-corrected chi connectivity index (χ2v) is 7.14. The highest BCUT2D eigenvalue weighted by molar-refractivity contribution is 7.93. The van der Waals surface area contributed by atoms with Gasteiger partial charge in [-0.25, -0.2) is 8.42 Å². The van der Waals surface area contributed by atoms with Gasteiger partial charge in [-0.15, -0.1) is 0 Å². The lowest BCUT2D eigenvalue weighted by atomic mass is 10.1. The summed E-state index contributed by atoms with van der Waals surface area (Å²) < 4.78 is 59.5. The van der Waals surface area contributed by atoms with Crippen molar-refractivity contribution in [1.29, 1.82) is 0 Å². The van der Waals surface area contributed by atoms with Crippen molar-refractivity contribution in [3.63, 3.8) is 0 Å². The van der Waals surface area contributed by atoms with Crippen molar-refractivity contribution >= 4 is 15.8 Å². The smallest absolute Gasteiger partial charge is 0.395 e. The van der Waals surface area contributed by atoms with Gasteiger partial charge >= 0.3 is 12.1 Å². The van der Waals surface area contributed by atoms with Gasteiger partial charge in [0.05, 0.1) is 11.2 Å². The van der Waals surface area contributed by atoms with Crippen LogP contribution >= 0.6 is 0 Å². The van der Waals surface area contributed by atoms with Gasteiger partial charge in [0.15, 0.2) is 14.6 Å². The molecule has 0 aliphatic heterocycles. The molecule has 0 atom stereocenters. The maximum absolute atomic E-state index is 12.6. The summed E-state index contributed by atoms with van der Waals surface area (Å²) in [6.45, 7) is 0. The molecule has 0 heterocycles. The van der Waals surface area contributed by atoms with Gasteiger partial charge in [0, 0.05) is 0 Å². The van der Waals surface area contributed by atoms with Crippen LogP contribution in [-0.4, -0.2) is 36.2 Å². The molecule has 17 heavy (non-hydrogen) atoms. The topological polar surface area (TPSA) is 71.4 Å². The van der Waals surface area contributed by atoms with E-state index >= 15 is 0 Å². The van der Waals surface area contributed by atoms with E-state index in [4.69, 9.17) is 5.11 Å². The Morgan fingerprint density at radius 2 is 1.65 bits per heavy atom. The summed E-state index contributed by atoms with van der Waals surface area (Å²) in [4.78, 5) is 10.8. The third-order valence-corrected chi connectivity index (χ3v) is 6.32. The molecular weight excluding hydrogens is 261 g/mol. The first-order valence-electron chi connectivity index (χ1n) is 5.09. The Morgan fingerprint density at radius 3 is 1.88 bits per heavy atom. The Labute approximate surface area is 95.7 Å². The molecule has 0 saturated heterocycles. The molecule has 2 fully saturated rings. The van der Waals surface area contributed by atoms with Crippen molar-refractivity contribution < 1.29 is 31.5 Å². The van der Waals surface area contributed by atoms with Crippen LogP contribution in [0.2, 0.25) is 0 Å². The lowest BCUT2D eigenvalue weighted by molar-refractivity contribution is -0.180. The molecule has 0 aromatic heterocycles. The number of aliphatic carboxylic acids is 1. The van der Waals surface area contributed by atoms with Crippen molar-refractivity contribution in [2.24, 2.45) is 5.41 Å². The highest BCUT2D eigenvalue weighted by atomic mass is 32.2. The minimum absolute atomic E-state index is 0.0847. The minimum atomic E-state index is -4.57. The molecule has 8 heteroatoms. The van der Waals surface area contributed by atoms with Gasteiger partial charge in [0.1, 0.15) is 0 Å². The van der Waals surface area contributed by atoms with Gasteiger partial charge in [-0.3, -0.25) is 4.79 Å². The van der Waals surface area contributed by atoms with E-state index in [1.807, 2.05) is 0 Å². The van der Waals surface area contributed by atoms with Crippen LogP contribution in [0.3, 0.4) is 0 Å². The van der Waals surface area contributed by atoms with Crippen molar-refractivity contribution in [3.8, 4) is 0 Å². The zero-order chi connectivity index (χ0) is 13.1. The Hall–Kier alpha value is -0.790. The summed E-state index contributed by atoms with van der Waals surface area (Å²) in [6, 6.07) is 0. The Morgan fingerprint density at radius 1 is 1.18 bits per heavy atom. The first-order valence-corrected chi connectivity index (χ1v) is 6.74. The number of carboxylic acids is 1. The van der Waals surface area contributed by atoms with Crippen LogP contribution in [0.4, 0.5) is 13.2 Å². The van der Waals surface area contributed by atoms with Gasteiger partial charge in [0.25, 0.3) is 0 Å². The standard InChI is InChI=1S/C9H11F3O4S/c10-9(11,12)7(1-2-7)5-17(15,16)8(3-4-8)6(13)14/h1-5H2,(H,13,14). The summed E-state index contributed by atoms with van der Waals surface area (Å²) in [7, 11) is -4.25. The van der Waals surface area contributed by atoms with Crippen LogP contribution in [0.1, 0.15) is 25.7 Å². The summed E-state index contributed by atoms with van der Waals surface area (Å²) in [5.74, 6) is -2.62. The normalized spacial score (nSPS) is 25.4. The van der Waals surface area contributed by atoms with Crippen molar-refractivity contribution in [3.05, 3.63) is 0 Å². The monoisotopic (exact) mass is 272 g/mol. The first-order chi connectivity index (χ1) is 7.56. The van der Waals surface area contributed by atoms with E-state index in [1.165, 1.54) is 0 Å². The molecular formula is C9H11F3O4S. The SMILES string of the molecule is O=C(O)C1(S(=O)(=O)CC2(C(F)(F)F)CC2)CC1. The van der Waals surface area contributed by atoms with Crippen LogP contribution in [0, 0.1) is 5.41 Å². The molecule has 1 N–H and O–H groups in total. The number of rotatable bonds is 4. The maximum atomic E-state index is 12.6. The lowest BCUT2D eigenvalue weighted by Crippen LogP contribution is -2.40. The molecule has 0 aromatic rings. The number of alkyl halides is 3. The third kappa shape index (κ3) is 1.73. The van der Waals surface area contributed by atoms with Crippen molar-refractivity contribution in [1.82, 2.24) is 0 Å². The summed E-state index contributed by atoms with van der Waals surface area (Å²) >= 11 is 0. The number of carboxylic acid groups (broad SMARTS) is 1. The van der Waals surface area contributed by atoms with Crippen LogP contribution in [-0.2, 0) is 14.6 Å². The van der Waals surface area contributed by atoms with Gasteiger partial charge < -0.3 is 5.11 Å². The predicted octanol–water partition coefficient (Wildman–Crippen LogP) is 1.36. The molecule has 4 nitrogen and oxygen atoms in total. The molecule has 2 aliphatic rings. The van der Waals surface area contributed by atoms with E-state index in [0.29, 0.717) is 0 Å². The quantitative estimate of drug-likeness (QED) is 0.838. The Kier molecular flexibility index (Phi) is 2.35. The first kappa shape index (κ1) is 12.7. The Balaban J connectivity index is 2.23. The van der Waals surface area contributed by atoms with Gasteiger partial charge in [0.2, 0.25) is 0 Å². The molecule has 0 bridgehead atoms. The molecule has 0 unspecified atom stereocenters. The summed E-state index contributed by atoms with van der Waals surface area (Å²) in [5, 5.41) is 8.80. The fourth-order valence-electron chi connectivity index (χ4n) is 1.93. The number of halogens is 3. The molecule has 98 valence electrons. The van der Waals surface area contributed by atoms with Crippen molar-refractivity contribution in [2.45, 2.75) is 36.6 Å². The van der Waals surface area contributed by atoms with E-state index < -0.39 is 37.9 Å². The second kappa shape index (κ2) is 3.15. The maximum Gasteiger partial charge on any atom is 0.395 e. The zero-order valence-corrected chi connectivity index (χ0v) is 9.57. The minimum Gasteiger partial charge on any atom is -0.480 e. The van der Waals surface area contributed by atoms with E-state index in [-0.39, 0.29) is 25.7 Å². The largest absolute Gasteiger partial charge is 0.480 e. The molecule has 0 aromatic carbocycles. The molecule has 0 spiro atoms. The fraction of sp³-hybridized carbons (Fsp3) is 0.889. The van der Waals surface area contributed by atoms with Crippen LogP contribution < -0.4 is 0 Å². The van der Waals surface area contributed by atoms with Gasteiger partial charge in [-0.2, -0.15) is 13.2 Å². The molecule has 2 rings (SSSR count). The molecule has 0 amide bonds. The van der Waals surface area contributed by atoms with E-state index in [9.17, 15) is 26.4 Å². The molecule has 0 radical (unpaired) electrons. The average molecular weight is 272 g/mol. The highest BCUT2D eigenvalue weighted by Crippen LogP contribution is 2.60. The number of carbonyl (C=O) groups is 1. The lowest BCUT2D eigenvalue weighted by Gasteiger charge is -2.21. The zero-order valence-electron chi connectivity index (χ0n) is 8.75. The molecule has 2 saturated carbocycles. The van der Waals surface area contributed by atoms with Gasteiger partial charge in [-0.1, -0.05) is 0 Å². The number of hydrogen-bond donors (Lipinski definition) is 1. The van der Waals surface area contributed by atoms with E-state index in [0.717, 1.165) is 0 Å². The van der Waals surface area contributed by atoms with Gasteiger partial charge in [-0.05, 0) is 25.7 Å².